The first-order chi connectivity index (χ1) is 15.4. The van der Waals surface area contributed by atoms with Crippen molar-refractivity contribution in [2.45, 2.75) is 6.42 Å². The number of nitrogens with two attached hydrogens (primary N) is 1. The average Bonchev–Trinajstić information content (AvgIpc) is 3.09. The van der Waals surface area contributed by atoms with Crippen LogP contribution in [0.5, 0.6) is 5.75 Å². The van der Waals surface area contributed by atoms with Gasteiger partial charge in [0.05, 0.1) is 12.2 Å². The number of benzene rings is 1. The van der Waals surface area contributed by atoms with Crippen LogP contribution in [0.25, 0.3) is 11.4 Å². The molecule has 0 radical (unpaired) electrons. The molecular formula is C21H23ClFN7O2. The topological polar surface area (TPSA) is 111 Å². The number of rotatable bonds is 7. The number of anilines is 1. The Kier molecular flexibility index (Phi) is 6.52. The van der Waals surface area contributed by atoms with E-state index in [1.807, 2.05) is 17.2 Å². The second-order valence-electron chi connectivity index (χ2n) is 7.49. The standard InChI is InChI=1S/C21H23ClFN7O2/c1-29-11-14(19(28-29)16-10-17(22)27-21(24)26-16)9-13-3-2-4-15(23)20(13)32-8-7-30-6-5-25-18(31)12-30/h2-4,10-11H,5-9,12H2,1H3,(H,25,31)(H2,24,26,27). The number of nitrogens with zero attached hydrogens (tertiary/aromatic N) is 5. The van der Waals surface area contributed by atoms with Crippen LogP contribution in [0, 0.1) is 5.82 Å². The van der Waals surface area contributed by atoms with Gasteiger partial charge >= 0.3 is 0 Å². The molecule has 0 bridgehead atoms. The molecule has 1 aliphatic heterocycles. The second-order valence-corrected chi connectivity index (χ2v) is 7.88. The minimum atomic E-state index is -0.446. The number of carbonyl (C=O) groups excluding carboxylic acids is 1. The summed E-state index contributed by atoms with van der Waals surface area (Å²) in [6, 6.07) is 6.40. The van der Waals surface area contributed by atoms with Crippen LogP contribution < -0.4 is 15.8 Å². The van der Waals surface area contributed by atoms with Crippen molar-refractivity contribution in [2.75, 3.05) is 38.5 Å². The van der Waals surface area contributed by atoms with E-state index in [9.17, 15) is 9.18 Å². The number of halogens is 2. The summed E-state index contributed by atoms with van der Waals surface area (Å²) >= 11 is 6.03. The van der Waals surface area contributed by atoms with E-state index in [1.165, 1.54) is 6.07 Å². The fourth-order valence-corrected chi connectivity index (χ4v) is 3.85. The highest BCUT2D eigenvalue weighted by Crippen LogP contribution is 2.29. The molecule has 1 fully saturated rings. The third-order valence-electron chi connectivity index (χ3n) is 5.06. The zero-order valence-electron chi connectivity index (χ0n) is 17.5. The van der Waals surface area contributed by atoms with Gasteiger partial charge in [-0.05, 0) is 6.07 Å². The number of ether oxygens (including phenoxy) is 1. The van der Waals surface area contributed by atoms with Crippen molar-refractivity contribution in [3.05, 3.63) is 52.6 Å². The molecule has 3 N–H and O–H groups in total. The Morgan fingerprint density at radius 1 is 1.31 bits per heavy atom. The van der Waals surface area contributed by atoms with Gasteiger partial charge in [0.2, 0.25) is 11.9 Å². The summed E-state index contributed by atoms with van der Waals surface area (Å²) < 4.78 is 22.1. The van der Waals surface area contributed by atoms with E-state index in [0.29, 0.717) is 43.0 Å². The molecule has 1 amide bonds. The SMILES string of the molecule is Cn1cc(Cc2cccc(F)c2OCCN2CCNC(=O)C2)c(-c2cc(Cl)nc(N)n2)n1. The van der Waals surface area contributed by atoms with E-state index >= 15 is 0 Å². The predicted molar refractivity (Wildman–Crippen MR) is 118 cm³/mol. The highest BCUT2D eigenvalue weighted by atomic mass is 35.5. The normalized spacial score (nSPS) is 14.4. The molecule has 0 saturated carbocycles. The molecule has 4 rings (SSSR count). The Morgan fingerprint density at radius 2 is 2.16 bits per heavy atom. The number of aromatic nitrogens is 4. The molecule has 0 aliphatic carbocycles. The molecule has 9 nitrogen and oxygen atoms in total. The Balaban J connectivity index is 1.54. The van der Waals surface area contributed by atoms with Crippen molar-refractivity contribution in [3.63, 3.8) is 0 Å². The van der Waals surface area contributed by atoms with Crippen molar-refractivity contribution < 1.29 is 13.9 Å². The largest absolute Gasteiger partial charge is 0.489 e. The number of para-hydroxylation sites is 1. The van der Waals surface area contributed by atoms with Crippen LogP contribution in [0.15, 0.2) is 30.5 Å². The quantitative estimate of drug-likeness (QED) is 0.517. The lowest BCUT2D eigenvalue weighted by atomic mass is 10.0. The number of piperazine rings is 1. The van der Waals surface area contributed by atoms with E-state index < -0.39 is 5.82 Å². The third kappa shape index (κ3) is 5.14. The first kappa shape index (κ1) is 22.0. The van der Waals surface area contributed by atoms with Crippen LogP contribution in [0.3, 0.4) is 0 Å². The van der Waals surface area contributed by atoms with Crippen LogP contribution in [0.4, 0.5) is 10.3 Å². The maximum atomic E-state index is 14.6. The number of nitrogens with one attached hydrogen (secondary N) is 1. The zero-order chi connectivity index (χ0) is 22.7. The number of hydrogen-bond acceptors (Lipinski definition) is 7. The number of hydrogen-bond donors (Lipinski definition) is 2. The molecule has 3 aromatic rings. The highest BCUT2D eigenvalue weighted by Gasteiger charge is 2.19. The summed E-state index contributed by atoms with van der Waals surface area (Å²) in [5.41, 5.74) is 8.28. The predicted octanol–water partition coefficient (Wildman–Crippen LogP) is 1.65. The van der Waals surface area contributed by atoms with Crippen LogP contribution in [0.2, 0.25) is 5.15 Å². The molecule has 0 spiro atoms. The maximum absolute atomic E-state index is 14.6. The highest BCUT2D eigenvalue weighted by molar-refractivity contribution is 6.29. The van der Waals surface area contributed by atoms with E-state index in [4.69, 9.17) is 22.1 Å². The lowest BCUT2D eigenvalue weighted by Gasteiger charge is -2.26. The van der Waals surface area contributed by atoms with E-state index in [2.05, 4.69) is 20.4 Å². The van der Waals surface area contributed by atoms with Gasteiger partial charge in [-0.2, -0.15) is 5.10 Å². The van der Waals surface area contributed by atoms with Crippen LogP contribution >= 0.6 is 11.6 Å². The van der Waals surface area contributed by atoms with Crippen LogP contribution in [-0.4, -0.2) is 63.3 Å². The van der Waals surface area contributed by atoms with Gasteiger partial charge in [-0.15, -0.1) is 0 Å². The number of nitrogen functional groups attached to an aromatic ring is 1. The monoisotopic (exact) mass is 459 g/mol. The molecule has 1 aromatic carbocycles. The summed E-state index contributed by atoms with van der Waals surface area (Å²) in [5, 5.41) is 7.47. The fourth-order valence-electron chi connectivity index (χ4n) is 3.66. The van der Waals surface area contributed by atoms with E-state index in [1.54, 1.807) is 23.9 Å². The van der Waals surface area contributed by atoms with Gasteiger partial charge in [-0.25, -0.2) is 14.4 Å². The molecule has 1 saturated heterocycles. The number of aryl methyl sites for hydroxylation is 1. The molecule has 3 heterocycles. The first-order valence-corrected chi connectivity index (χ1v) is 10.5. The van der Waals surface area contributed by atoms with Gasteiger partial charge in [0.25, 0.3) is 0 Å². The smallest absolute Gasteiger partial charge is 0.234 e. The van der Waals surface area contributed by atoms with Crippen molar-refractivity contribution in [1.29, 1.82) is 0 Å². The number of carbonyl (C=O) groups is 1. The first-order valence-electron chi connectivity index (χ1n) is 10.1. The van der Waals surface area contributed by atoms with Gasteiger partial charge in [-0.1, -0.05) is 23.7 Å². The maximum Gasteiger partial charge on any atom is 0.234 e. The zero-order valence-corrected chi connectivity index (χ0v) is 18.3. The number of amides is 1. The van der Waals surface area contributed by atoms with Gasteiger partial charge in [-0.3, -0.25) is 14.4 Å². The molecule has 2 aromatic heterocycles. The molecule has 0 atom stereocenters. The molecule has 11 heteroatoms. The van der Waals surface area contributed by atoms with Crippen molar-refractivity contribution in [1.82, 2.24) is 30.0 Å². The van der Waals surface area contributed by atoms with Crippen molar-refractivity contribution in [2.24, 2.45) is 7.05 Å². The van der Waals surface area contributed by atoms with E-state index in [-0.39, 0.29) is 29.4 Å². The fraction of sp³-hybridized carbons (Fsp3) is 0.333. The Bertz CT molecular complexity index is 1120. The second kappa shape index (κ2) is 9.49. The molecule has 168 valence electrons. The van der Waals surface area contributed by atoms with Crippen LogP contribution in [0.1, 0.15) is 11.1 Å². The summed E-state index contributed by atoms with van der Waals surface area (Å²) in [6.45, 7) is 2.45. The Morgan fingerprint density at radius 3 is 2.94 bits per heavy atom. The Labute approximate surface area is 189 Å². The summed E-state index contributed by atoms with van der Waals surface area (Å²) in [4.78, 5) is 21.6. The molecule has 1 aliphatic rings. The van der Waals surface area contributed by atoms with Gasteiger partial charge < -0.3 is 15.8 Å². The Hall–Kier alpha value is -3.24. The van der Waals surface area contributed by atoms with Crippen molar-refractivity contribution >= 4 is 23.5 Å². The molecule has 0 unspecified atom stereocenters. The van der Waals surface area contributed by atoms with Gasteiger partial charge in [0, 0.05) is 56.5 Å². The summed E-state index contributed by atoms with van der Waals surface area (Å²) in [5.74, 6) is -0.231. The van der Waals surface area contributed by atoms with E-state index in [0.717, 1.165) is 12.1 Å². The van der Waals surface area contributed by atoms with Gasteiger partial charge in [0.15, 0.2) is 11.6 Å². The molecule has 32 heavy (non-hydrogen) atoms. The average molecular weight is 460 g/mol. The lowest BCUT2D eigenvalue weighted by molar-refractivity contribution is -0.124. The lowest BCUT2D eigenvalue weighted by Crippen LogP contribution is -2.48. The summed E-state index contributed by atoms with van der Waals surface area (Å²) in [7, 11) is 1.79. The van der Waals surface area contributed by atoms with Gasteiger partial charge in [0.1, 0.15) is 17.5 Å². The third-order valence-corrected chi connectivity index (χ3v) is 5.25. The minimum absolute atomic E-state index is 0.0163. The van der Waals surface area contributed by atoms with Crippen LogP contribution in [-0.2, 0) is 18.3 Å². The summed E-state index contributed by atoms with van der Waals surface area (Å²) in [6.07, 6.45) is 2.20. The van der Waals surface area contributed by atoms with Crippen molar-refractivity contribution in [3.8, 4) is 17.1 Å². The minimum Gasteiger partial charge on any atom is -0.489 e. The molecular weight excluding hydrogens is 437 g/mol.